The Bertz CT molecular complexity index is 442. The van der Waals surface area contributed by atoms with Crippen molar-refractivity contribution in [2.24, 2.45) is 0 Å². The largest absolute Gasteiger partial charge is 0.464 e. The number of unbranched alkanes of at least 4 members (excludes halogenated alkanes) is 1. The van der Waals surface area contributed by atoms with Crippen LogP contribution in [0.15, 0.2) is 6.07 Å². The smallest absolute Gasteiger partial charge is 0.199 e. The monoisotopic (exact) mass is 334 g/mol. The Kier molecular flexibility index (Phi) is 11.6. The Labute approximate surface area is 138 Å². The minimum atomic E-state index is -1.47. The Hall–Kier alpha value is -1.23. The van der Waals surface area contributed by atoms with Crippen molar-refractivity contribution in [2.75, 3.05) is 6.61 Å². The van der Waals surface area contributed by atoms with Crippen LogP contribution in [0.2, 0.25) is 0 Å². The van der Waals surface area contributed by atoms with E-state index in [0.717, 1.165) is 18.9 Å². The van der Waals surface area contributed by atoms with Gasteiger partial charge in [-0.1, -0.05) is 40.5 Å². The van der Waals surface area contributed by atoms with Gasteiger partial charge in [0.25, 0.3) is 0 Å². The summed E-state index contributed by atoms with van der Waals surface area (Å²) in [6.45, 7) is 10.3. The molecule has 1 heterocycles. The van der Waals surface area contributed by atoms with E-state index in [0.29, 0.717) is 13.0 Å². The van der Waals surface area contributed by atoms with Crippen molar-refractivity contribution in [3.8, 4) is 5.75 Å². The number of rotatable bonds is 3. The van der Waals surface area contributed by atoms with Crippen LogP contribution in [0.1, 0.15) is 65.4 Å². The number of benzene rings is 1. The molecule has 0 aromatic heterocycles. The number of hydrogen-bond acceptors (Lipinski definition) is 2. The molecule has 134 valence electrons. The van der Waals surface area contributed by atoms with Gasteiger partial charge in [-0.15, -0.1) is 0 Å². The summed E-state index contributed by atoms with van der Waals surface area (Å²) >= 11 is 0. The van der Waals surface area contributed by atoms with Crippen molar-refractivity contribution < 1.29 is 22.6 Å². The van der Waals surface area contributed by atoms with Crippen LogP contribution in [0.4, 0.5) is 13.2 Å². The molecule has 2 rings (SSSR count). The predicted octanol–water partition coefficient (Wildman–Crippen LogP) is 6.15. The highest BCUT2D eigenvalue weighted by Gasteiger charge is 2.21. The first-order valence-electron chi connectivity index (χ1n) is 8.43. The SMILES string of the molecule is CC.CCCC.Cc1c(OC2CCCCO2)cc(F)c(F)c1F. The molecular weight excluding hydrogens is 305 g/mol. The van der Waals surface area contributed by atoms with Crippen molar-refractivity contribution in [1.82, 2.24) is 0 Å². The minimum Gasteiger partial charge on any atom is -0.464 e. The third-order valence-corrected chi connectivity index (χ3v) is 3.26. The van der Waals surface area contributed by atoms with Crippen molar-refractivity contribution in [2.45, 2.75) is 73.0 Å². The second kappa shape index (κ2) is 12.2. The topological polar surface area (TPSA) is 18.5 Å². The quantitative estimate of drug-likeness (QED) is 0.617. The lowest BCUT2D eigenvalue weighted by molar-refractivity contribution is -0.106. The van der Waals surface area contributed by atoms with E-state index >= 15 is 0 Å². The maximum atomic E-state index is 13.3. The van der Waals surface area contributed by atoms with Gasteiger partial charge in [0.05, 0.1) is 6.61 Å². The molecule has 1 aromatic carbocycles. The molecule has 0 spiro atoms. The molecule has 2 nitrogen and oxygen atoms in total. The minimum absolute atomic E-state index is 0.00620. The molecule has 1 aliphatic rings. The molecule has 1 fully saturated rings. The van der Waals surface area contributed by atoms with Crippen LogP contribution in [0, 0.1) is 24.4 Å². The van der Waals surface area contributed by atoms with Gasteiger partial charge < -0.3 is 9.47 Å². The zero-order chi connectivity index (χ0) is 17.8. The molecule has 0 saturated carbocycles. The van der Waals surface area contributed by atoms with Crippen molar-refractivity contribution in [3.63, 3.8) is 0 Å². The van der Waals surface area contributed by atoms with E-state index in [2.05, 4.69) is 13.8 Å². The average molecular weight is 334 g/mol. The highest BCUT2D eigenvalue weighted by atomic mass is 19.2. The molecule has 0 amide bonds. The van der Waals surface area contributed by atoms with Crippen molar-refractivity contribution in [1.29, 1.82) is 0 Å². The van der Waals surface area contributed by atoms with Gasteiger partial charge in [0.2, 0.25) is 0 Å². The molecule has 1 aromatic rings. The second-order valence-electron chi connectivity index (χ2n) is 5.02. The van der Waals surface area contributed by atoms with Gasteiger partial charge in [0, 0.05) is 18.1 Å². The van der Waals surface area contributed by atoms with E-state index in [4.69, 9.17) is 9.47 Å². The summed E-state index contributed by atoms with van der Waals surface area (Å²) in [6, 6.07) is 0.853. The van der Waals surface area contributed by atoms with Crippen LogP contribution in [0.3, 0.4) is 0 Å². The van der Waals surface area contributed by atoms with Gasteiger partial charge in [-0.25, -0.2) is 13.2 Å². The summed E-state index contributed by atoms with van der Waals surface area (Å²) in [5, 5.41) is 0. The summed E-state index contributed by atoms with van der Waals surface area (Å²) in [5.74, 6) is -3.94. The molecule has 0 aliphatic carbocycles. The molecule has 1 saturated heterocycles. The lowest BCUT2D eigenvalue weighted by Crippen LogP contribution is -2.25. The van der Waals surface area contributed by atoms with Gasteiger partial charge in [0.1, 0.15) is 5.75 Å². The fraction of sp³-hybridized carbons (Fsp3) is 0.667. The molecule has 5 heteroatoms. The number of ether oxygens (including phenoxy) is 2. The maximum Gasteiger partial charge on any atom is 0.199 e. The summed E-state index contributed by atoms with van der Waals surface area (Å²) in [6.07, 6.45) is 4.69. The highest BCUT2D eigenvalue weighted by Crippen LogP contribution is 2.28. The Balaban J connectivity index is 0.000000705. The van der Waals surface area contributed by atoms with Gasteiger partial charge in [-0.2, -0.15) is 0 Å². The molecule has 0 N–H and O–H groups in total. The lowest BCUT2D eigenvalue weighted by Gasteiger charge is -2.24. The zero-order valence-electron chi connectivity index (χ0n) is 14.8. The van der Waals surface area contributed by atoms with Gasteiger partial charge in [0.15, 0.2) is 23.7 Å². The van der Waals surface area contributed by atoms with E-state index < -0.39 is 23.7 Å². The summed E-state index contributed by atoms with van der Waals surface area (Å²) in [5.41, 5.74) is -0.0435. The maximum absolute atomic E-state index is 13.3. The number of hydrogen-bond donors (Lipinski definition) is 0. The lowest BCUT2D eigenvalue weighted by atomic mass is 10.2. The van der Waals surface area contributed by atoms with E-state index in [1.165, 1.54) is 19.8 Å². The van der Waals surface area contributed by atoms with Gasteiger partial charge in [-0.3, -0.25) is 0 Å². The van der Waals surface area contributed by atoms with Crippen LogP contribution >= 0.6 is 0 Å². The van der Waals surface area contributed by atoms with E-state index in [1.54, 1.807) is 0 Å². The first-order valence-corrected chi connectivity index (χ1v) is 8.43. The van der Waals surface area contributed by atoms with Crippen LogP contribution in [-0.4, -0.2) is 12.9 Å². The Morgan fingerprint density at radius 1 is 1.09 bits per heavy atom. The van der Waals surface area contributed by atoms with Crippen LogP contribution in [0.5, 0.6) is 5.75 Å². The first-order chi connectivity index (χ1) is 11.0. The zero-order valence-corrected chi connectivity index (χ0v) is 14.8. The first kappa shape index (κ1) is 21.8. The fourth-order valence-corrected chi connectivity index (χ4v) is 1.73. The third-order valence-electron chi connectivity index (χ3n) is 3.26. The molecule has 0 bridgehead atoms. The molecule has 1 unspecified atom stereocenters. The predicted molar refractivity (Wildman–Crippen MR) is 87.2 cm³/mol. The van der Waals surface area contributed by atoms with Gasteiger partial charge >= 0.3 is 0 Å². The summed E-state index contributed by atoms with van der Waals surface area (Å²) in [7, 11) is 0. The standard InChI is InChI=1S/C12H13F3O2.C4H10.C2H6/c1-7-9(6-8(13)12(15)11(7)14)17-10-4-2-3-5-16-10;1-3-4-2;1-2/h6,10H,2-5H2,1H3;3-4H2,1-2H3;1-2H3. The summed E-state index contributed by atoms with van der Waals surface area (Å²) < 4.78 is 49.8. The third kappa shape index (κ3) is 7.25. The number of halogens is 3. The van der Waals surface area contributed by atoms with Crippen molar-refractivity contribution in [3.05, 3.63) is 29.1 Å². The van der Waals surface area contributed by atoms with Crippen LogP contribution < -0.4 is 4.74 Å². The molecule has 1 atom stereocenters. The molecule has 0 radical (unpaired) electrons. The fourth-order valence-electron chi connectivity index (χ4n) is 1.73. The molecule has 23 heavy (non-hydrogen) atoms. The molecule has 1 aliphatic heterocycles. The Morgan fingerprint density at radius 2 is 1.70 bits per heavy atom. The van der Waals surface area contributed by atoms with Gasteiger partial charge in [-0.05, 0) is 19.8 Å². The summed E-state index contributed by atoms with van der Waals surface area (Å²) in [4.78, 5) is 0. The van der Waals surface area contributed by atoms with E-state index in [9.17, 15) is 13.2 Å². The normalized spacial score (nSPS) is 16.6. The van der Waals surface area contributed by atoms with E-state index in [1.807, 2.05) is 13.8 Å². The van der Waals surface area contributed by atoms with Crippen LogP contribution in [-0.2, 0) is 4.74 Å². The van der Waals surface area contributed by atoms with Crippen LogP contribution in [0.25, 0.3) is 0 Å². The average Bonchev–Trinajstić information content (AvgIpc) is 2.60. The van der Waals surface area contributed by atoms with E-state index in [-0.39, 0.29) is 11.3 Å². The molecular formula is C18H29F3O2. The second-order valence-corrected chi connectivity index (χ2v) is 5.02. The van der Waals surface area contributed by atoms with Crippen molar-refractivity contribution >= 4 is 0 Å². The Morgan fingerprint density at radius 3 is 2.17 bits per heavy atom. The highest BCUT2D eigenvalue weighted by molar-refractivity contribution is 5.35.